The molecule has 0 radical (unpaired) electrons. The van der Waals surface area contributed by atoms with Crippen molar-refractivity contribution in [3.63, 3.8) is 0 Å². The molecule has 3 aromatic carbocycles. The van der Waals surface area contributed by atoms with Gasteiger partial charge in [0.2, 0.25) is 0 Å². The first-order valence-corrected chi connectivity index (χ1v) is 7.63. The van der Waals surface area contributed by atoms with Crippen LogP contribution in [-0.2, 0) is 0 Å². The second-order valence-electron chi connectivity index (χ2n) is 5.41. The molecule has 0 bridgehead atoms. The molecule has 25 heavy (non-hydrogen) atoms. The smallest absolute Gasteiger partial charge is 0.270 e. The van der Waals surface area contributed by atoms with Gasteiger partial charge in [0.05, 0.1) is 12.0 Å². The molecule has 0 aliphatic heterocycles. The molecule has 0 spiro atoms. The lowest BCUT2D eigenvalue weighted by Gasteiger charge is -2.09. The van der Waals surface area contributed by atoms with E-state index in [2.05, 4.69) is 0 Å². The fraction of sp³-hybridized carbons (Fsp3) is 0.0500. The first kappa shape index (κ1) is 16.4. The zero-order chi connectivity index (χ0) is 17.8. The van der Waals surface area contributed by atoms with Crippen LogP contribution in [0.1, 0.15) is 15.9 Å². The quantitative estimate of drug-likeness (QED) is 0.295. The van der Waals surface area contributed by atoms with Crippen LogP contribution in [0.25, 0.3) is 16.8 Å². The van der Waals surface area contributed by atoms with Gasteiger partial charge in [-0.05, 0) is 17.5 Å². The summed E-state index contributed by atoms with van der Waals surface area (Å²) in [5.41, 5.74) is 0.924. The van der Waals surface area contributed by atoms with Gasteiger partial charge in [0, 0.05) is 28.6 Å². The molecule has 0 N–H and O–H groups in total. The Hall–Kier alpha value is -3.47. The number of ketones is 1. The van der Waals surface area contributed by atoms with Crippen LogP contribution in [0.5, 0.6) is 5.75 Å². The van der Waals surface area contributed by atoms with E-state index in [9.17, 15) is 14.9 Å². The van der Waals surface area contributed by atoms with Crippen LogP contribution in [0.15, 0.2) is 66.7 Å². The van der Waals surface area contributed by atoms with Gasteiger partial charge in [-0.3, -0.25) is 14.9 Å². The Labute approximate surface area is 144 Å². The average Bonchev–Trinajstić information content (AvgIpc) is 2.65. The number of fused-ring (bicyclic) bond motifs is 1. The predicted octanol–water partition coefficient (Wildman–Crippen LogP) is 4.65. The minimum absolute atomic E-state index is 0.109. The van der Waals surface area contributed by atoms with Crippen LogP contribution < -0.4 is 4.74 Å². The molecule has 0 aromatic heterocycles. The SMILES string of the molecule is COc1c(/C=C/C(=O)c2cccc([N+](=O)[O-])c2)ccc2ccccc12. The van der Waals surface area contributed by atoms with Crippen LogP contribution in [0.3, 0.4) is 0 Å². The van der Waals surface area contributed by atoms with Crippen LogP contribution in [0.2, 0.25) is 0 Å². The number of nitro benzene ring substituents is 1. The van der Waals surface area contributed by atoms with Crippen molar-refractivity contribution in [1.82, 2.24) is 0 Å². The Morgan fingerprint density at radius 1 is 1.08 bits per heavy atom. The summed E-state index contributed by atoms with van der Waals surface area (Å²) in [5, 5.41) is 12.8. The third kappa shape index (κ3) is 3.40. The Kier molecular flexibility index (Phi) is 4.57. The van der Waals surface area contributed by atoms with Crippen LogP contribution in [-0.4, -0.2) is 17.8 Å². The summed E-state index contributed by atoms with van der Waals surface area (Å²) in [4.78, 5) is 22.6. The molecular weight excluding hydrogens is 318 g/mol. The van der Waals surface area contributed by atoms with Gasteiger partial charge in [-0.15, -0.1) is 0 Å². The van der Waals surface area contributed by atoms with Crippen molar-refractivity contribution in [2.24, 2.45) is 0 Å². The summed E-state index contributed by atoms with van der Waals surface area (Å²) in [6.45, 7) is 0. The summed E-state index contributed by atoms with van der Waals surface area (Å²) in [7, 11) is 1.58. The third-order valence-electron chi connectivity index (χ3n) is 3.87. The first-order chi connectivity index (χ1) is 12.1. The lowest BCUT2D eigenvalue weighted by molar-refractivity contribution is -0.384. The van der Waals surface area contributed by atoms with Crippen molar-refractivity contribution in [2.45, 2.75) is 0 Å². The molecule has 0 fully saturated rings. The van der Waals surface area contributed by atoms with Gasteiger partial charge in [0.15, 0.2) is 5.78 Å². The summed E-state index contributed by atoms with van der Waals surface area (Å²) in [6, 6.07) is 17.3. The molecule has 0 saturated carbocycles. The topological polar surface area (TPSA) is 69.4 Å². The number of methoxy groups -OCH3 is 1. The Morgan fingerprint density at radius 3 is 2.64 bits per heavy atom. The standard InChI is InChI=1S/C20H15NO4/c1-25-20-15(10-9-14-5-2-3-8-18(14)20)11-12-19(22)16-6-4-7-17(13-16)21(23)24/h2-13H,1H3/b12-11+. The highest BCUT2D eigenvalue weighted by Gasteiger charge is 2.10. The molecule has 0 aliphatic carbocycles. The molecule has 3 rings (SSSR count). The minimum Gasteiger partial charge on any atom is -0.495 e. The van der Waals surface area contributed by atoms with Crippen molar-refractivity contribution >= 4 is 28.3 Å². The fourth-order valence-corrected chi connectivity index (χ4v) is 2.65. The van der Waals surface area contributed by atoms with Gasteiger partial charge in [0.25, 0.3) is 5.69 Å². The van der Waals surface area contributed by atoms with Crippen LogP contribution in [0, 0.1) is 10.1 Å². The lowest BCUT2D eigenvalue weighted by Crippen LogP contribution is -1.96. The van der Waals surface area contributed by atoms with E-state index in [-0.39, 0.29) is 17.0 Å². The number of benzene rings is 3. The fourth-order valence-electron chi connectivity index (χ4n) is 2.65. The van der Waals surface area contributed by atoms with Crippen molar-refractivity contribution in [2.75, 3.05) is 7.11 Å². The van der Waals surface area contributed by atoms with E-state index in [1.165, 1.54) is 24.3 Å². The van der Waals surface area contributed by atoms with E-state index < -0.39 is 4.92 Å². The predicted molar refractivity (Wildman–Crippen MR) is 97.0 cm³/mol. The highest BCUT2D eigenvalue weighted by Crippen LogP contribution is 2.30. The highest BCUT2D eigenvalue weighted by atomic mass is 16.6. The number of carbonyl (C=O) groups is 1. The zero-order valence-electron chi connectivity index (χ0n) is 13.5. The molecule has 0 atom stereocenters. The van der Waals surface area contributed by atoms with Crippen molar-refractivity contribution in [1.29, 1.82) is 0 Å². The van der Waals surface area contributed by atoms with Crippen molar-refractivity contribution in [3.05, 3.63) is 88.0 Å². The molecule has 5 heteroatoms. The van der Waals surface area contributed by atoms with E-state index in [1.807, 2.05) is 36.4 Å². The molecule has 3 aromatic rings. The Balaban J connectivity index is 1.94. The monoisotopic (exact) mass is 333 g/mol. The van der Waals surface area contributed by atoms with Gasteiger partial charge >= 0.3 is 0 Å². The van der Waals surface area contributed by atoms with E-state index in [4.69, 9.17) is 4.74 Å². The second kappa shape index (κ2) is 6.97. The number of nitro groups is 1. The van der Waals surface area contributed by atoms with Crippen molar-refractivity contribution < 1.29 is 14.5 Å². The third-order valence-corrected chi connectivity index (χ3v) is 3.87. The Bertz CT molecular complexity index is 992. The summed E-state index contributed by atoms with van der Waals surface area (Å²) < 4.78 is 5.50. The molecular formula is C20H15NO4. The first-order valence-electron chi connectivity index (χ1n) is 7.63. The number of non-ortho nitro benzene ring substituents is 1. The van der Waals surface area contributed by atoms with E-state index in [1.54, 1.807) is 19.3 Å². The highest BCUT2D eigenvalue weighted by molar-refractivity contribution is 6.07. The lowest BCUT2D eigenvalue weighted by atomic mass is 10.0. The number of hydrogen-bond donors (Lipinski definition) is 0. The van der Waals surface area contributed by atoms with Gasteiger partial charge < -0.3 is 4.74 Å². The molecule has 0 saturated heterocycles. The van der Waals surface area contributed by atoms with Gasteiger partial charge in [-0.1, -0.05) is 48.5 Å². The largest absolute Gasteiger partial charge is 0.495 e. The molecule has 0 unspecified atom stereocenters. The maximum Gasteiger partial charge on any atom is 0.270 e. The number of allylic oxidation sites excluding steroid dienone is 1. The van der Waals surface area contributed by atoms with Crippen LogP contribution >= 0.6 is 0 Å². The molecule has 0 heterocycles. The molecule has 5 nitrogen and oxygen atoms in total. The second-order valence-corrected chi connectivity index (χ2v) is 5.41. The van der Waals surface area contributed by atoms with Gasteiger partial charge in [0.1, 0.15) is 5.75 Å². The summed E-state index contributed by atoms with van der Waals surface area (Å²) in [6.07, 6.45) is 3.05. The number of ether oxygens (including phenoxy) is 1. The summed E-state index contributed by atoms with van der Waals surface area (Å²) >= 11 is 0. The van der Waals surface area contributed by atoms with E-state index in [0.29, 0.717) is 5.75 Å². The maximum absolute atomic E-state index is 12.3. The summed E-state index contributed by atoms with van der Waals surface area (Å²) in [5.74, 6) is 0.375. The normalized spacial score (nSPS) is 10.9. The maximum atomic E-state index is 12.3. The van der Waals surface area contributed by atoms with E-state index in [0.717, 1.165) is 16.3 Å². The molecule has 0 aliphatic rings. The zero-order valence-corrected chi connectivity index (χ0v) is 13.5. The van der Waals surface area contributed by atoms with Gasteiger partial charge in [-0.25, -0.2) is 0 Å². The number of nitrogens with zero attached hydrogens (tertiary/aromatic N) is 1. The average molecular weight is 333 g/mol. The van der Waals surface area contributed by atoms with Crippen molar-refractivity contribution in [3.8, 4) is 5.75 Å². The van der Waals surface area contributed by atoms with Crippen LogP contribution in [0.4, 0.5) is 5.69 Å². The molecule has 0 amide bonds. The minimum atomic E-state index is -0.521. The Morgan fingerprint density at radius 2 is 1.88 bits per heavy atom. The number of rotatable bonds is 5. The van der Waals surface area contributed by atoms with E-state index >= 15 is 0 Å². The number of carbonyl (C=O) groups excluding carboxylic acids is 1. The number of hydrogen-bond acceptors (Lipinski definition) is 4. The van der Waals surface area contributed by atoms with Gasteiger partial charge in [-0.2, -0.15) is 0 Å². The molecule has 124 valence electrons.